The van der Waals surface area contributed by atoms with Gasteiger partial charge in [0.1, 0.15) is 5.54 Å². The van der Waals surface area contributed by atoms with Crippen LogP contribution in [0.1, 0.15) is 63.8 Å². The van der Waals surface area contributed by atoms with Gasteiger partial charge >= 0.3 is 7.82 Å². The van der Waals surface area contributed by atoms with Crippen molar-refractivity contribution in [3.8, 4) is 11.5 Å². The van der Waals surface area contributed by atoms with Crippen LogP contribution in [0.25, 0.3) is 11.5 Å². The predicted octanol–water partition coefficient (Wildman–Crippen LogP) is 3.92. The van der Waals surface area contributed by atoms with E-state index in [-0.39, 0.29) is 5.82 Å². The molecule has 8 nitrogen and oxygen atoms in total. The highest BCUT2D eigenvalue weighted by molar-refractivity contribution is 7.46. The maximum Gasteiger partial charge on any atom is 0.469 e. The second-order valence-electron chi connectivity index (χ2n) is 7.32. The minimum Gasteiger partial charge on any atom is -0.334 e. The van der Waals surface area contributed by atoms with E-state index in [2.05, 4.69) is 21.6 Å². The van der Waals surface area contributed by atoms with E-state index in [1.165, 1.54) is 51.0 Å². The fourth-order valence-electron chi connectivity index (χ4n) is 2.78. The molecular weight excluding hydrogens is 381 g/mol. The van der Waals surface area contributed by atoms with Crippen molar-refractivity contribution in [1.82, 2.24) is 10.1 Å². The summed E-state index contributed by atoms with van der Waals surface area (Å²) in [5, 5.41) is 3.83. The summed E-state index contributed by atoms with van der Waals surface area (Å²) < 4.78 is 20.6. The molecule has 0 aliphatic carbocycles. The van der Waals surface area contributed by atoms with E-state index in [4.69, 9.17) is 20.0 Å². The molecule has 9 heteroatoms. The van der Waals surface area contributed by atoms with Crippen LogP contribution in [0, 0.1) is 0 Å². The quantitative estimate of drug-likeness (QED) is 0.354. The van der Waals surface area contributed by atoms with Crippen molar-refractivity contribution in [2.75, 3.05) is 6.61 Å². The summed E-state index contributed by atoms with van der Waals surface area (Å²) in [7, 11) is -4.62. The van der Waals surface area contributed by atoms with E-state index >= 15 is 0 Å². The lowest BCUT2D eigenvalue weighted by molar-refractivity contribution is 0.153. The van der Waals surface area contributed by atoms with Crippen LogP contribution in [0.5, 0.6) is 0 Å². The molecule has 1 unspecified atom stereocenters. The molecule has 0 aliphatic heterocycles. The molecule has 1 aromatic heterocycles. The lowest BCUT2D eigenvalue weighted by Crippen LogP contribution is -2.39. The number of phosphoric ester groups is 1. The van der Waals surface area contributed by atoms with Crippen molar-refractivity contribution in [1.29, 1.82) is 0 Å². The van der Waals surface area contributed by atoms with Gasteiger partial charge in [0, 0.05) is 5.56 Å². The second kappa shape index (κ2) is 10.3. The number of unbranched alkanes of at least 4 members (excludes halogenated alkanes) is 5. The van der Waals surface area contributed by atoms with Gasteiger partial charge in [-0.05, 0) is 37.5 Å². The first-order chi connectivity index (χ1) is 13.2. The summed E-state index contributed by atoms with van der Waals surface area (Å²) >= 11 is 0. The monoisotopic (exact) mass is 411 g/mol. The van der Waals surface area contributed by atoms with Crippen molar-refractivity contribution in [3.05, 3.63) is 35.7 Å². The number of rotatable bonds is 12. The Hall–Kier alpha value is -1.57. The Balaban J connectivity index is 1.91. The van der Waals surface area contributed by atoms with Crippen LogP contribution in [0.2, 0.25) is 0 Å². The molecule has 0 aliphatic rings. The summed E-state index contributed by atoms with van der Waals surface area (Å²) in [6.45, 7) is 3.30. The van der Waals surface area contributed by atoms with Crippen LogP contribution in [0.3, 0.4) is 0 Å². The van der Waals surface area contributed by atoms with Crippen LogP contribution >= 0.6 is 7.82 Å². The van der Waals surface area contributed by atoms with Crippen LogP contribution in [-0.2, 0) is 21.0 Å². The Morgan fingerprint density at radius 1 is 1.14 bits per heavy atom. The van der Waals surface area contributed by atoms with Gasteiger partial charge in [-0.2, -0.15) is 4.98 Å². The van der Waals surface area contributed by atoms with Crippen molar-refractivity contribution in [3.63, 3.8) is 0 Å². The third kappa shape index (κ3) is 7.45. The van der Waals surface area contributed by atoms with Crippen LogP contribution in [-0.4, -0.2) is 26.5 Å². The number of phosphoric acid groups is 1. The van der Waals surface area contributed by atoms with E-state index in [0.29, 0.717) is 5.89 Å². The zero-order chi connectivity index (χ0) is 20.6. The maximum absolute atomic E-state index is 10.9. The Bertz CT molecular complexity index is 770. The molecule has 0 fully saturated rings. The van der Waals surface area contributed by atoms with Gasteiger partial charge < -0.3 is 20.0 Å². The summed E-state index contributed by atoms with van der Waals surface area (Å²) in [4.78, 5) is 21.9. The van der Waals surface area contributed by atoms with E-state index in [9.17, 15) is 4.57 Å². The topological polar surface area (TPSA) is 132 Å². The molecule has 0 saturated carbocycles. The molecule has 1 aromatic carbocycles. The number of nitrogens with zero attached hydrogens (tertiary/aromatic N) is 2. The molecule has 0 bridgehead atoms. The highest BCUT2D eigenvalue weighted by atomic mass is 31.2. The van der Waals surface area contributed by atoms with Gasteiger partial charge in [0.05, 0.1) is 6.61 Å². The first-order valence-electron chi connectivity index (χ1n) is 9.64. The van der Waals surface area contributed by atoms with Crippen LogP contribution < -0.4 is 5.73 Å². The summed E-state index contributed by atoms with van der Waals surface area (Å²) in [5.74, 6) is 0.418. The number of hydrogen-bond donors (Lipinski definition) is 3. The molecule has 0 radical (unpaired) electrons. The van der Waals surface area contributed by atoms with Crippen molar-refractivity contribution in [2.24, 2.45) is 5.73 Å². The SMILES string of the molecule is CCCCCCCCc1ccc(-c2nc(C(C)(N)COP(=O)(O)O)no2)cc1. The Kier molecular flexibility index (Phi) is 8.34. The second-order valence-corrected chi connectivity index (χ2v) is 8.56. The number of aromatic nitrogens is 2. The van der Waals surface area contributed by atoms with Gasteiger partial charge in [0.25, 0.3) is 5.89 Å². The first-order valence-corrected chi connectivity index (χ1v) is 11.2. The van der Waals surface area contributed by atoms with Gasteiger partial charge in [0.2, 0.25) is 0 Å². The van der Waals surface area contributed by atoms with E-state index < -0.39 is 20.0 Å². The van der Waals surface area contributed by atoms with E-state index in [1.54, 1.807) is 0 Å². The largest absolute Gasteiger partial charge is 0.469 e. The Labute approximate surface area is 165 Å². The molecule has 2 rings (SSSR count). The Morgan fingerprint density at radius 3 is 2.43 bits per heavy atom. The molecular formula is C19H30N3O5P. The fourth-order valence-corrected chi connectivity index (χ4v) is 3.22. The lowest BCUT2D eigenvalue weighted by atomic mass is 10.0. The fraction of sp³-hybridized carbons (Fsp3) is 0.579. The smallest absolute Gasteiger partial charge is 0.334 e. The molecule has 156 valence electrons. The number of aryl methyl sites for hydroxylation is 1. The molecule has 0 amide bonds. The van der Waals surface area contributed by atoms with Crippen molar-refractivity contribution < 1.29 is 23.4 Å². The molecule has 0 spiro atoms. The van der Waals surface area contributed by atoms with Gasteiger partial charge in [-0.25, -0.2) is 4.57 Å². The summed E-state index contributed by atoms with van der Waals surface area (Å²) in [6.07, 6.45) is 8.66. The maximum atomic E-state index is 10.9. The normalized spacial score (nSPS) is 14.2. The zero-order valence-corrected chi connectivity index (χ0v) is 17.4. The highest BCUT2D eigenvalue weighted by Gasteiger charge is 2.31. The Morgan fingerprint density at radius 2 is 1.79 bits per heavy atom. The highest BCUT2D eigenvalue weighted by Crippen LogP contribution is 2.37. The standard InChI is InChI=1S/C19H30N3O5P/c1-3-4-5-6-7-8-9-15-10-12-16(13-11-15)17-21-18(22-27-17)19(2,20)14-26-28(23,24)25/h10-13H,3-9,14,20H2,1-2H3,(H2,23,24,25). The van der Waals surface area contributed by atoms with E-state index in [1.807, 2.05) is 24.3 Å². The molecule has 1 atom stereocenters. The van der Waals surface area contributed by atoms with Crippen molar-refractivity contribution in [2.45, 2.75) is 64.3 Å². The minimum absolute atomic E-state index is 0.118. The average molecular weight is 411 g/mol. The molecule has 28 heavy (non-hydrogen) atoms. The summed E-state index contributed by atoms with van der Waals surface area (Å²) in [5.41, 5.74) is 6.74. The van der Waals surface area contributed by atoms with Gasteiger partial charge in [-0.15, -0.1) is 0 Å². The molecule has 1 heterocycles. The number of nitrogens with two attached hydrogens (primary N) is 1. The first kappa shape index (κ1) is 22.7. The molecule has 2 aromatic rings. The van der Waals surface area contributed by atoms with Crippen LogP contribution in [0.15, 0.2) is 28.8 Å². The van der Waals surface area contributed by atoms with Crippen LogP contribution in [0.4, 0.5) is 0 Å². The van der Waals surface area contributed by atoms with E-state index in [0.717, 1.165) is 12.0 Å². The number of benzene rings is 1. The molecule has 0 saturated heterocycles. The third-order valence-corrected chi connectivity index (χ3v) is 4.95. The predicted molar refractivity (Wildman–Crippen MR) is 106 cm³/mol. The molecule has 4 N–H and O–H groups in total. The minimum atomic E-state index is -4.62. The van der Waals surface area contributed by atoms with Crippen molar-refractivity contribution >= 4 is 7.82 Å². The van der Waals surface area contributed by atoms with Gasteiger partial charge in [-0.1, -0.05) is 56.3 Å². The number of hydrogen-bond acceptors (Lipinski definition) is 6. The van der Waals surface area contributed by atoms with Gasteiger partial charge in [0.15, 0.2) is 5.82 Å². The summed E-state index contributed by atoms with van der Waals surface area (Å²) in [6, 6.07) is 7.93. The third-order valence-electron chi connectivity index (χ3n) is 4.49. The zero-order valence-electron chi connectivity index (χ0n) is 16.5. The average Bonchev–Trinajstić information content (AvgIpc) is 3.14. The van der Waals surface area contributed by atoms with Gasteiger partial charge in [-0.3, -0.25) is 4.52 Å². The lowest BCUT2D eigenvalue weighted by Gasteiger charge is -2.20.